The minimum Gasteiger partial charge on any atom is -0.484 e. The fraction of sp³-hybridized carbons (Fsp3) is 0.176. The molecule has 2 aromatic carbocycles. The lowest BCUT2D eigenvalue weighted by Crippen LogP contribution is -2.44. The molecule has 2 amide bonds. The van der Waals surface area contributed by atoms with E-state index >= 15 is 0 Å². The normalized spacial score (nSPS) is 9.96. The van der Waals surface area contributed by atoms with Crippen LogP contribution in [0.5, 0.6) is 5.75 Å². The van der Waals surface area contributed by atoms with E-state index in [0.29, 0.717) is 5.75 Å². The van der Waals surface area contributed by atoms with Crippen molar-refractivity contribution in [3.8, 4) is 5.75 Å². The van der Waals surface area contributed by atoms with Gasteiger partial charge in [-0.2, -0.15) is 0 Å². The Kier molecular flexibility index (Phi) is 6.50. The van der Waals surface area contributed by atoms with Gasteiger partial charge in [-0.1, -0.05) is 30.3 Å². The SMILES string of the molecule is Cc1cccc(OCC(=O)NNC(=O)CSc2ccccc2)c1. The monoisotopic (exact) mass is 330 g/mol. The highest BCUT2D eigenvalue weighted by Gasteiger charge is 2.06. The molecule has 0 aliphatic rings. The Morgan fingerprint density at radius 3 is 2.48 bits per heavy atom. The third-order valence-corrected chi connectivity index (χ3v) is 3.83. The van der Waals surface area contributed by atoms with E-state index in [0.717, 1.165) is 10.5 Å². The van der Waals surface area contributed by atoms with E-state index in [4.69, 9.17) is 4.74 Å². The lowest BCUT2D eigenvalue weighted by Gasteiger charge is -2.09. The molecule has 0 saturated heterocycles. The predicted molar refractivity (Wildman–Crippen MR) is 90.1 cm³/mol. The number of ether oxygens (including phenoxy) is 1. The Hall–Kier alpha value is -2.47. The van der Waals surface area contributed by atoms with Crippen LogP contribution in [0.4, 0.5) is 0 Å². The molecule has 0 fully saturated rings. The smallest absolute Gasteiger partial charge is 0.276 e. The van der Waals surface area contributed by atoms with Crippen molar-refractivity contribution in [3.63, 3.8) is 0 Å². The van der Waals surface area contributed by atoms with Crippen LogP contribution in [0.1, 0.15) is 5.56 Å². The molecule has 0 atom stereocenters. The van der Waals surface area contributed by atoms with Gasteiger partial charge in [0.1, 0.15) is 5.75 Å². The van der Waals surface area contributed by atoms with Gasteiger partial charge >= 0.3 is 0 Å². The first-order chi connectivity index (χ1) is 11.1. The van der Waals surface area contributed by atoms with Gasteiger partial charge in [-0.3, -0.25) is 20.4 Å². The molecule has 0 spiro atoms. The van der Waals surface area contributed by atoms with Crippen LogP contribution < -0.4 is 15.6 Å². The van der Waals surface area contributed by atoms with Gasteiger partial charge in [-0.25, -0.2) is 0 Å². The minimum absolute atomic E-state index is 0.157. The maximum atomic E-state index is 11.7. The second kappa shape index (κ2) is 8.85. The average molecular weight is 330 g/mol. The molecule has 0 heterocycles. The van der Waals surface area contributed by atoms with E-state index in [1.165, 1.54) is 11.8 Å². The summed E-state index contributed by atoms with van der Waals surface area (Å²) < 4.78 is 5.34. The number of benzene rings is 2. The summed E-state index contributed by atoms with van der Waals surface area (Å²) in [5.74, 6) is 0.154. The number of aryl methyl sites for hydroxylation is 1. The summed E-state index contributed by atoms with van der Waals surface area (Å²) in [6, 6.07) is 17.0. The maximum absolute atomic E-state index is 11.7. The third-order valence-electron chi connectivity index (χ3n) is 2.81. The molecule has 5 nitrogen and oxygen atoms in total. The second-order valence-corrected chi connectivity index (χ2v) is 5.85. The molecule has 6 heteroatoms. The maximum Gasteiger partial charge on any atom is 0.276 e. The van der Waals surface area contributed by atoms with Crippen molar-refractivity contribution in [1.82, 2.24) is 10.9 Å². The third kappa shape index (κ3) is 6.44. The standard InChI is InChI=1S/C17H18N2O3S/c1-13-6-5-7-14(10-13)22-11-16(20)18-19-17(21)12-23-15-8-3-2-4-9-15/h2-10H,11-12H2,1H3,(H,18,20)(H,19,21). The first kappa shape index (κ1) is 16.9. The summed E-state index contributed by atoms with van der Waals surface area (Å²) in [6.07, 6.45) is 0. The minimum atomic E-state index is -0.412. The molecule has 0 radical (unpaired) electrons. The van der Waals surface area contributed by atoms with Gasteiger partial charge in [0.2, 0.25) is 5.91 Å². The number of rotatable bonds is 6. The summed E-state index contributed by atoms with van der Waals surface area (Å²) in [7, 11) is 0. The summed E-state index contributed by atoms with van der Waals surface area (Å²) in [5, 5.41) is 0. The Morgan fingerprint density at radius 2 is 1.74 bits per heavy atom. The molecule has 23 heavy (non-hydrogen) atoms. The van der Waals surface area contributed by atoms with Gasteiger partial charge in [-0.15, -0.1) is 11.8 Å². The Morgan fingerprint density at radius 1 is 1.00 bits per heavy atom. The molecule has 2 N–H and O–H groups in total. The number of carbonyl (C=O) groups is 2. The Bertz CT molecular complexity index is 662. The lowest BCUT2D eigenvalue weighted by atomic mass is 10.2. The molecule has 0 aromatic heterocycles. The van der Waals surface area contributed by atoms with E-state index in [-0.39, 0.29) is 18.3 Å². The van der Waals surface area contributed by atoms with Gasteiger partial charge < -0.3 is 4.74 Å². The molecule has 120 valence electrons. The number of thioether (sulfide) groups is 1. The van der Waals surface area contributed by atoms with Gasteiger partial charge in [0.05, 0.1) is 5.75 Å². The van der Waals surface area contributed by atoms with E-state index in [1.54, 1.807) is 6.07 Å². The fourth-order valence-corrected chi connectivity index (χ4v) is 2.45. The molecule has 0 bridgehead atoms. The first-order valence-electron chi connectivity index (χ1n) is 7.08. The highest BCUT2D eigenvalue weighted by atomic mass is 32.2. The zero-order valence-corrected chi connectivity index (χ0v) is 13.6. The lowest BCUT2D eigenvalue weighted by molar-refractivity contribution is -0.128. The summed E-state index contributed by atoms with van der Waals surface area (Å²) in [5.41, 5.74) is 5.74. The largest absolute Gasteiger partial charge is 0.484 e. The molecule has 0 aliphatic carbocycles. The summed E-state index contributed by atoms with van der Waals surface area (Å²) in [4.78, 5) is 24.3. The van der Waals surface area contributed by atoms with Crippen LogP contribution in [0.15, 0.2) is 59.5 Å². The van der Waals surface area contributed by atoms with E-state index in [9.17, 15) is 9.59 Å². The van der Waals surface area contributed by atoms with Crippen LogP contribution in [-0.2, 0) is 9.59 Å². The topological polar surface area (TPSA) is 67.4 Å². The number of carbonyl (C=O) groups excluding carboxylic acids is 2. The first-order valence-corrected chi connectivity index (χ1v) is 8.07. The quantitative estimate of drug-likeness (QED) is 0.630. The van der Waals surface area contributed by atoms with Crippen molar-refractivity contribution >= 4 is 23.6 Å². The van der Waals surface area contributed by atoms with Crippen molar-refractivity contribution in [2.45, 2.75) is 11.8 Å². The molecule has 0 saturated carbocycles. The highest BCUT2D eigenvalue weighted by molar-refractivity contribution is 8.00. The second-order valence-electron chi connectivity index (χ2n) is 4.80. The van der Waals surface area contributed by atoms with Crippen LogP contribution in [0.25, 0.3) is 0 Å². The van der Waals surface area contributed by atoms with E-state index in [2.05, 4.69) is 10.9 Å². The van der Waals surface area contributed by atoms with Gasteiger partial charge in [-0.05, 0) is 36.8 Å². The van der Waals surface area contributed by atoms with Crippen molar-refractivity contribution in [2.75, 3.05) is 12.4 Å². The highest BCUT2D eigenvalue weighted by Crippen LogP contribution is 2.16. The fourth-order valence-electron chi connectivity index (χ4n) is 1.73. The van der Waals surface area contributed by atoms with Crippen LogP contribution >= 0.6 is 11.8 Å². The number of hydrogen-bond acceptors (Lipinski definition) is 4. The van der Waals surface area contributed by atoms with Crippen LogP contribution in [0.2, 0.25) is 0 Å². The zero-order valence-electron chi connectivity index (χ0n) is 12.7. The van der Waals surface area contributed by atoms with Crippen molar-refractivity contribution in [1.29, 1.82) is 0 Å². The number of hydrogen-bond donors (Lipinski definition) is 2. The Balaban J connectivity index is 1.64. The molecular formula is C17H18N2O3S. The molecule has 0 aliphatic heterocycles. The Labute approximate surface area is 139 Å². The zero-order chi connectivity index (χ0) is 16.5. The van der Waals surface area contributed by atoms with Gasteiger partial charge in [0.25, 0.3) is 5.91 Å². The van der Waals surface area contributed by atoms with Crippen molar-refractivity contribution < 1.29 is 14.3 Å². The summed E-state index contributed by atoms with van der Waals surface area (Å²) >= 11 is 1.40. The molecule has 2 rings (SSSR count). The molecule has 2 aromatic rings. The van der Waals surface area contributed by atoms with Crippen LogP contribution in [0.3, 0.4) is 0 Å². The van der Waals surface area contributed by atoms with Crippen molar-refractivity contribution in [3.05, 3.63) is 60.2 Å². The van der Waals surface area contributed by atoms with Crippen LogP contribution in [0, 0.1) is 6.92 Å². The van der Waals surface area contributed by atoms with Crippen LogP contribution in [-0.4, -0.2) is 24.2 Å². The van der Waals surface area contributed by atoms with E-state index in [1.807, 2.05) is 55.5 Å². The van der Waals surface area contributed by atoms with E-state index < -0.39 is 5.91 Å². The number of hydrazine groups is 1. The van der Waals surface area contributed by atoms with Gasteiger partial charge in [0, 0.05) is 4.90 Å². The molecule has 0 unspecified atom stereocenters. The number of amides is 2. The summed E-state index contributed by atoms with van der Waals surface area (Å²) in [6.45, 7) is 1.78. The molecular weight excluding hydrogens is 312 g/mol. The van der Waals surface area contributed by atoms with Gasteiger partial charge in [0.15, 0.2) is 6.61 Å². The average Bonchev–Trinajstić information content (AvgIpc) is 2.57. The predicted octanol–water partition coefficient (Wildman–Crippen LogP) is 2.31. The van der Waals surface area contributed by atoms with Crippen molar-refractivity contribution in [2.24, 2.45) is 0 Å². The number of nitrogens with one attached hydrogen (secondary N) is 2.